The topological polar surface area (TPSA) is 133 Å². The zero-order valence-corrected chi connectivity index (χ0v) is 9.67. The average Bonchev–Trinajstić information content (AvgIpc) is 2.74. The zero-order valence-electron chi connectivity index (χ0n) is 9.67. The second kappa shape index (κ2) is 4.70. The summed E-state index contributed by atoms with van der Waals surface area (Å²) in [6, 6.07) is 1.48. The number of nitrogen functional groups attached to an aromatic ring is 1. The van der Waals surface area contributed by atoms with Gasteiger partial charge in [0.05, 0.1) is 24.0 Å². The summed E-state index contributed by atoms with van der Waals surface area (Å²) < 4.78 is 4.82. The number of aromatic nitrogens is 3. The lowest BCUT2D eigenvalue weighted by atomic mass is 10.2. The Balaban J connectivity index is 2.10. The second-order valence-electron chi connectivity index (χ2n) is 3.60. The lowest BCUT2D eigenvalue weighted by Crippen LogP contribution is -2.14. The van der Waals surface area contributed by atoms with Gasteiger partial charge in [0.1, 0.15) is 5.82 Å². The molecule has 2 aromatic rings. The molecule has 5 N–H and O–H groups in total. The summed E-state index contributed by atoms with van der Waals surface area (Å²) in [5.74, 6) is 0.829. The number of rotatable bonds is 4. The van der Waals surface area contributed by atoms with Crippen molar-refractivity contribution in [2.75, 3.05) is 11.1 Å². The predicted molar refractivity (Wildman–Crippen MR) is 63.5 cm³/mol. The van der Waals surface area contributed by atoms with Crippen molar-refractivity contribution in [3.05, 3.63) is 29.5 Å². The Hall–Kier alpha value is -2.64. The Morgan fingerprint density at radius 3 is 2.94 bits per heavy atom. The van der Waals surface area contributed by atoms with Crippen molar-refractivity contribution in [3.8, 4) is 0 Å². The first-order valence-electron chi connectivity index (χ1n) is 5.14. The van der Waals surface area contributed by atoms with Crippen molar-refractivity contribution in [2.45, 2.75) is 13.5 Å². The lowest BCUT2D eigenvalue weighted by Gasteiger charge is -2.06. The first-order valence-corrected chi connectivity index (χ1v) is 5.14. The highest BCUT2D eigenvalue weighted by atomic mass is 16.5. The van der Waals surface area contributed by atoms with Crippen molar-refractivity contribution in [1.82, 2.24) is 15.1 Å². The van der Waals surface area contributed by atoms with Crippen LogP contribution in [0, 0.1) is 6.92 Å². The van der Waals surface area contributed by atoms with Gasteiger partial charge < -0.3 is 21.3 Å². The quantitative estimate of drug-likeness (QED) is 0.696. The maximum Gasteiger partial charge on any atom is 0.250 e. The van der Waals surface area contributed by atoms with Crippen LogP contribution in [0.3, 0.4) is 0 Å². The molecule has 94 valence electrons. The van der Waals surface area contributed by atoms with Crippen LogP contribution in [0.2, 0.25) is 0 Å². The summed E-state index contributed by atoms with van der Waals surface area (Å²) in [6.45, 7) is 2.02. The van der Waals surface area contributed by atoms with E-state index in [9.17, 15) is 4.79 Å². The third kappa shape index (κ3) is 2.54. The van der Waals surface area contributed by atoms with Gasteiger partial charge in [0.25, 0.3) is 5.91 Å². The van der Waals surface area contributed by atoms with Crippen molar-refractivity contribution in [2.24, 2.45) is 5.73 Å². The van der Waals surface area contributed by atoms with Crippen LogP contribution in [0.1, 0.15) is 22.1 Å². The van der Waals surface area contributed by atoms with Gasteiger partial charge >= 0.3 is 0 Å². The Bertz CT molecular complexity index is 579. The van der Waals surface area contributed by atoms with Gasteiger partial charge in [-0.3, -0.25) is 4.79 Å². The van der Waals surface area contributed by atoms with E-state index < -0.39 is 5.91 Å². The van der Waals surface area contributed by atoms with E-state index in [0.29, 0.717) is 24.1 Å². The highest BCUT2D eigenvalue weighted by Gasteiger charge is 2.08. The monoisotopic (exact) mass is 248 g/mol. The molecule has 2 rings (SSSR count). The molecule has 0 saturated heterocycles. The van der Waals surface area contributed by atoms with E-state index in [0.717, 1.165) is 0 Å². The van der Waals surface area contributed by atoms with Crippen molar-refractivity contribution in [1.29, 1.82) is 0 Å². The summed E-state index contributed by atoms with van der Waals surface area (Å²) in [4.78, 5) is 19.1. The summed E-state index contributed by atoms with van der Waals surface area (Å²) in [5.41, 5.74) is 11.2. The minimum absolute atomic E-state index is 0.219. The Labute approximate surface area is 102 Å². The molecular weight excluding hydrogens is 236 g/mol. The Morgan fingerprint density at radius 1 is 1.56 bits per heavy atom. The Kier molecular flexibility index (Phi) is 3.09. The van der Waals surface area contributed by atoms with Crippen LogP contribution < -0.4 is 16.8 Å². The fourth-order valence-corrected chi connectivity index (χ4v) is 1.36. The molecule has 0 radical (unpaired) electrons. The largest absolute Gasteiger partial charge is 0.397 e. The number of anilines is 2. The number of carbonyl (C=O) groups is 1. The fraction of sp³-hybridized carbons (Fsp3) is 0.200. The fourth-order valence-electron chi connectivity index (χ4n) is 1.36. The number of aryl methyl sites for hydroxylation is 1. The van der Waals surface area contributed by atoms with Crippen molar-refractivity contribution < 1.29 is 9.32 Å². The molecule has 0 spiro atoms. The maximum absolute atomic E-state index is 11.1. The van der Waals surface area contributed by atoms with Crippen LogP contribution in [0.4, 0.5) is 11.5 Å². The van der Waals surface area contributed by atoms with E-state index in [1.165, 1.54) is 12.3 Å². The van der Waals surface area contributed by atoms with Crippen LogP contribution in [0.5, 0.6) is 0 Å². The summed E-state index contributed by atoms with van der Waals surface area (Å²) in [5, 5.41) is 6.65. The lowest BCUT2D eigenvalue weighted by molar-refractivity contribution is 0.100. The predicted octanol–water partition coefficient (Wildman–Crippen LogP) is 0.0662. The number of nitrogens with two attached hydrogens (primary N) is 2. The number of primary amides is 1. The van der Waals surface area contributed by atoms with Gasteiger partial charge in [-0.1, -0.05) is 5.16 Å². The Morgan fingerprint density at radius 2 is 2.33 bits per heavy atom. The average molecular weight is 248 g/mol. The van der Waals surface area contributed by atoms with Gasteiger partial charge in [-0.2, -0.15) is 4.98 Å². The molecule has 0 atom stereocenters. The minimum atomic E-state index is -0.603. The van der Waals surface area contributed by atoms with E-state index in [4.69, 9.17) is 16.0 Å². The van der Waals surface area contributed by atoms with E-state index >= 15 is 0 Å². The van der Waals surface area contributed by atoms with E-state index in [2.05, 4.69) is 20.4 Å². The molecule has 8 nitrogen and oxygen atoms in total. The molecule has 0 unspecified atom stereocenters. The molecule has 8 heteroatoms. The first-order chi connectivity index (χ1) is 8.56. The van der Waals surface area contributed by atoms with Crippen molar-refractivity contribution >= 4 is 17.4 Å². The molecule has 0 aliphatic rings. The van der Waals surface area contributed by atoms with E-state index in [1.54, 1.807) is 6.92 Å². The number of hydrogen-bond acceptors (Lipinski definition) is 7. The van der Waals surface area contributed by atoms with Crippen LogP contribution in [0.25, 0.3) is 0 Å². The number of hydrogen-bond donors (Lipinski definition) is 3. The molecule has 0 aliphatic carbocycles. The third-order valence-electron chi connectivity index (χ3n) is 2.20. The molecule has 2 heterocycles. The second-order valence-corrected chi connectivity index (χ2v) is 3.60. The van der Waals surface area contributed by atoms with Gasteiger partial charge in [-0.25, -0.2) is 4.98 Å². The standard InChI is InChI=1S/C10H12N6O2/c1-5-15-9(16-18-5)4-14-8-2-6(10(12)17)7(11)3-13-8/h2-3H,4,11H2,1H3,(H2,12,17)(H,13,14). The molecule has 0 aromatic carbocycles. The van der Waals surface area contributed by atoms with Crippen LogP contribution >= 0.6 is 0 Å². The maximum atomic E-state index is 11.1. The molecule has 18 heavy (non-hydrogen) atoms. The summed E-state index contributed by atoms with van der Waals surface area (Å²) in [7, 11) is 0. The number of carbonyl (C=O) groups excluding carboxylic acids is 1. The van der Waals surface area contributed by atoms with Crippen molar-refractivity contribution in [3.63, 3.8) is 0 Å². The number of nitrogens with one attached hydrogen (secondary N) is 1. The highest BCUT2D eigenvalue weighted by Crippen LogP contribution is 2.14. The van der Waals surface area contributed by atoms with Gasteiger partial charge in [0.15, 0.2) is 5.82 Å². The minimum Gasteiger partial charge on any atom is -0.397 e. The van der Waals surface area contributed by atoms with Gasteiger partial charge in [-0.05, 0) is 6.07 Å². The first kappa shape index (κ1) is 11.8. The van der Waals surface area contributed by atoms with Crippen LogP contribution in [0.15, 0.2) is 16.8 Å². The van der Waals surface area contributed by atoms with Gasteiger partial charge in [-0.15, -0.1) is 0 Å². The summed E-state index contributed by atoms with van der Waals surface area (Å²) >= 11 is 0. The third-order valence-corrected chi connectivity index (χ3v) is 2.20. The van der Waals surface area contributed by atoms with E-state index in [-0.39, 0.29) is 11.3 Å². The van der Waals surface area contributed by atoms with E-state index in [1.807, 2.05) is 0 Å². The summed E-state index contributed by atoms with van der Waals surface area (Å²) in [6.07, 6.45) is 1.36. The molecule has 1 amide bonds. The van der Waals surface area contributed by atoms with Crippen LogP contribution in [-0.2, 0) is 6.54 Å². The zero-order chi connectivity index (χ0) is 13.1. The number of amides is 1. The number of nitrogens with zero attached hydrogens (tertiary/aromatic N) is 3. The van der Waals surface area contributed by atoms with Gasteiger partial charge in [0, 0.05) is 6.92 Å². The normalized spacial score (nSPS) is 10.3. The molecular formula is C10H12N6O2. The molecule has 0 bridgehead atoms. The molecule has 0 aliphatic heterocycles. The molecule has 2 aromatic heterocycles. The highest BCUT2D eigenvalue weighted by molar-refractivity contribution is 5.98. The van der Waals surface area contributed by atoms with Gasteiger partial charge in [0.2, 0.25) is 5.89 Å². The molecule has 0 saturated carbocycles. The SMILES string of the molecule is Cc1nc(CNc2cc(C(N)=O)c(N)cn2)no1. The van der Waals surface area contributed by atoms with Crippen LogP contribution in [-0.4, -0.2) is 21.0 Å². The molecule has 0 fully saturated rings. The number of pyridine rings is 1. The smallest absolute Gasteiger partial charge is 0.250 e.